The molecule has 29 heavy (non-hydrogen) atoms. The second-order valence-corrected chi connectivity index (χ2v) is 11.6. The van der Waals surface area contributed by atoms with Crippen LogP contribution in [0.3, 0.4) is 0 Å². The van der Waals surface area contributed by atoms with Gasteiger partial charge in [-0.05, 0) is 74.5 Å². The lowest BCUT2D eigenvalue weighted by Crippen LogP contribution is -2.46. The molecule has 0 amide bonds. The van der Waals surface area contributed by atoms with Gasteiger partial charge in [-0.3, -0.25) is 4.79 Å². The van der Waals surface area contributed by atoms with Gasteiger partial charge in [0.25, 0.3) is 0 Å². The minimum Gasteiger partial charge on any atom is -0.369 e. The molecule has 1 spiro atoms. The molecule has 0 N–H and O–H groups in total. The first-order valence-corrected chi connectivity index (χ1v) is 12.8. The number of hydrogen-bond donors (Lipinski definition) is 0. The molecular formula is C26H32O2S. The van der Waals surface area contributed by atoms with Gasteiger partial charge < -0.3 is 4.74 Å². The van der Waals surface area contributed by atoms with Crippen molar-refractivity contribution in [2.24, 2.45) is 23.2 Å². The normalized spacial score (nSPS) is 45.7. The standard InChI is InChI=1S/C26H32O2S/c1-24-12-10-19-20(22(24)11-13-25(24)16-28-25)9-8-17-14-23(27)26(29-2,15-21(17)19)18-6-4-3-5-7-18/h3-7,17,20,22H,8-16H2,1-2H3/t17?,20-,22+,24+,25?,26?/m1/s1. The van der Waals surface area contributed by atoms with Crippen LogP contribution < -0.4 is 0 Å². The van der Waals surface area contributed by atoms with Crippen LogP contribution in [0.2, 0.25) is 0 Å². The molecule has 1 aliphatic heterocycles. The SMILES string of the molecule is CSC1(c2ccccc2)CC2=C3CC[C@@]4(C)[C@@H](CCC45CO5)[C@@H]3CCC2CC1=O. The zero-order valence-electron chi connectivity index (χ0n) is 17.7. The number of allylic oxidation sites excluding steroid dienone is 2. The van der Waals surface area contributed by atoms with Gasteiger partial charge in [-0.15, -0.1) is 11.8 Å². The van der Waals surface area contributed by atoms with Crippen molar-refractivity contribution in [1.82, 2.24) is 0 Å². The predicted octanol–water partition coefficient (Wildman–Crippen LogP) is 5.91. The summed E-state index contributed by atoms with van der Waals surface area (Å²) in [5, 5.41) is 0. The highest BCUT2D eigenvalue weighted by atomic mass is 32.2. The van der Waals surface area contributed by atoms with Crippen LogP contribution in [-0.4, -0.2) is 24.2 Å². The first-order chi connectivity index (χ1) is 14.0. The molecular weight excluding hydrogens is 376 g/mol. The summed E-state index contributed by atoms with van der Waals surface area (Å²) in [6, 6.07) is 10.6. The van der Waals surface area contributed by atoms with Crippen LogP contribution in [0.4, 0.5) is 0 Å². The average molecular weight is 409 g/mol. The van der Waals surface area contributed by atoms with Gasteiger partial charge in [0.15, 0.2) is 5.78 Å². The zero-order valence-corrected chi connectivity index (χ0v) is 18.5. The maximum absolute atomic E-state index is 13.4. The van der Waals surface area contributed by atoms with Crippen molar-refractivity contribution in [3.63, 3.8) is 0 Å². The minimum atomic E-state index is -0.376. The van der Waals surface area contributed by atoms with Gasteiger partial charge in [0.1, 0.15) is 4.75 Å². The molecule has 2 nitrogen and oxygen atoms in total. The van der Waals surface area contributed by atoms with Crippen LogP contribution in [0.5, 0.6) is 0 Å². The fraction of sp³-hybridized carbons (Fsp3) is 0.654. The third-order valence-corrected chi connectivity index (χ3v) is 11.0. The zero-order chi connectivity index (χ0) is 19.9. The van der Waals surface area contributed by atoms with Crippen molar-refractivity contribution in [3.8, 4) is 0 Å². The average Bonchev–Trinajstić information content (AvgIpc) is 3.48. The molecule has 3 heteroatoms. The highest BCUT2D eigenvalue weighted by molar-refractivity contribution is 8.00. The van der Waals surface area contributed by atoms with Gasteiger partial charge in [-0.2, -0.15) is 0 Å². The van der Waals surface area contributed by atoms with E-state index in [1.54, 1.807) is 22.9 Å². The van der Waals surface area contributed by atoms with Crippen LogP contribution in [-0.2, 0) is 14.3 Å². The first kappa shape index (κ1) is 18.7. The summed E-state index contributed by atoms with van der Waals surface area (Å²) in [6.45, 7) is 3.53. The number of fused-ring (bicyclic) bond motifs is 5. The monoisotopic (exact) mass is 408 g/mol. The molecule has 4 aliphatic carbocycles. The van der Waals surface area contributed by atoms with Crippen molar-refractivity contribution in [3.05, 3.63) is 47.0 Å². The fourth-order valence-corrected chi connectivity index (χ4v) is 8.86. The summed E-state index contributed by atoms with van der Waals surface area (Å²) in [6.07, 6.45) is 11.5. The Morgan fingerprint density at radius 3 is 2.59 bits per heavy atom. The van der Waals surface area contributed by atoms with E-state index in [-0.39, 0.29) is 10.3 Å². The summed E-state index contributed by atoms with van der Waals surface area (Å²) in [7, 11) is 0. The Hall–Kier alpha value is -1.06. The molecule has 154 valence electrons. The molecule has 1 aromatic carbocycles. The Labute approximate surface area is 178 Å². The number of hydrogen-bond acceptors (Lipinski definition) is 3. The van der Waals surface area contributed by atoms with E-state index in [9.17, 15) is 4.79 Å². The van der Waals surface area contributed by atoms with Gasteiger partial charge in [0, 0.05) is 11.8 Å². The van der Waals surface area contributed by atoms with Crippen LogP contribution in [0.25, 0.3) is 0 Å². The van der Waals surface area contributed by atoms with E-state index in [4.69, 9.17) is 4.74 Å². The Balaban J connectivity index is 1.41. The Bertz CT molecular complexity index is 885. The summed E-state index contributed by atoms with van der Waals surface area (Å²) in [5.41, 5.74) is 5.26. The van der Waals surface area contributed by atoms with E-state index in [0.29, 0.717) is 17.1 Å². The number of carbonyl (C=O) groups excluding carboxylic acids is 1. The smallest absolute Gasteiger partial charge is 0.154 e. The summed E-state index contributed by atoms with van der Waals surface area (Å²) >= 11 is 1.77. The molecule has 0 radical (unpaired) electrons. The molecule has 3 unspecified atom stereocenters. The van der Waals surface area contributed by atoms with Gasteiger partial charge in [0.2, 0.25) is 0 Å². The molecule has 0 bridgehead atoms. The van der Waals surface area contributed by atoms with E-state index in [2.05, 4.69) is 43.5 Å². The molecule has 1 heterocycles. The van der Waals surface area contributed by atoms with E-state index in [1.807, 2.05) is 0 Å². The number of epoxide rings is 1. The number of Topliss-reactive ketones (excluding diaryl/α,β-unsaturated/α-hetero) is 1. The van der Waals surface area contributed by atoms with Crippen molar-refractivity contribution in [2.45, 2.75) is 68.6 Å². The second-order valence-electron chi connectivity index (χ2n) is 10.5. The molecule has 0 aromatic heterocycles. The van der Waals surface area contributed by atoms with Crippen molar-refractivity contribution < 1.29 is 9.53 Å². The Kier molecular flexibility index (Phi) is 4.02. The Morgan fingerprint density at radius 2 is 1.86 bits per heavy atom. The molecule has 6 rings (SSSR count). The summed E-state index contributed by atoms with van der Waals surface area (Å²) in [5.74, 6) is 2.50. The number of benzene rings is 1. The third kappa shape index (κ3) is 2.38. The van der Waals surface area contributed by atoms with E-state index in [0.717, 1.165) is 31.3 Å². The number of ether oxygens (including phenoxy) is 1. The molecule has 6 atom stereocenters. The molecule has 1 saturated heterocycles. The lowest BCUT2D eigenvalue weighted by atomic mass is 9.54. The lowest BCUT2D eigenvalue weighted by Gasteiger charge is -2.51. The van der Waals surface area contributed by atoms with E-state index >= 15 is 0 Å². The number of carbonyl (C=O) groups is 1. The van der Waals surface area contributed by atoms with Crippen molar-refractivity contribution in [1.29, 1.82) is 0 Å². The van der Waals surface area contributed by atoms with Gasteiger partial charge in [-0.1, -0.05) is 48.4 Å². The molecule has 5 aliphatic rings. The quantitative estimate of drug-likeness (QED) is 0.450. The summed E-state index contributed by atoms with van der Waals surface area (Å²) in [4.78, 5) is 13.4. The molecule has 3 saturated carbocycles. The predicted molar refractivity (Wildman–Crippen MR) is 118 cm³/mol. The van der Waals surface area contributed by atoms with Crippen LogP contribution >= 0.6 is 11.8 Å². The van der Waals surface area contributed by atoms with Crippen molar-refractivity contribution >= 4 is 17.5 Å². The molecule has 4 fully saturated rings. The number of rotatable bonds is 2. The first-order valence-electron chi connectivity index (χ1n) is 11.5. The fourth-order valence-electron chi connectivity index (χ4n) is 7.88. The van der Waals surface area contributed by atoms with Gasteiger partial charge in [0.05, 0.1) is 12.2 Å². The minimum absolute atomic E-state index is 0.223. The maximum atomic E-state index is 13.4. The van der Waals surface area contributed by atoms with Crippen LogP contribution in [0.1, 0.15) is 63.9 Å². The van der Waals surface area contributed by atoms with Crippen LogP contribution in [0.15, 0.2) is 41.5 Å². The largest absolute Gasteiger partial charge is 0.369 e. The highest BCUT2D eigenvalue weighted by Crippen LogP contribution is 2.68. The number of thioether (sulfide) groups is 1. The van der Waals surface area contributed by atoms with E-state index < -0.39 is 0 Å². The Morgan fingerprint density at radius 1 is 1.07 bits per heavy atom. The van der Waals surface area contributed by atoms with Gasteiger partial charge in [-0.25, -0.2) is 0 Å². The second kappa shape index (κ2) is 6.23. The van der Waals surface area contributed by atoms with Crippen molar-refractivity contribution in [2.75, 3.05) is 12.9 Å². The number of ketones is 1. The highest BCUT2D eigenvalue weighted by Gasteiger charge is 2.68. The molecule has 1 aromatic rings. The third-order valence-electron chi connectivity index (χ3n) is 9.70. The van der Waals surface area contributed by atoms with Crippen LogP contribution in [0, 0.1) is 23.2 Å². The van der Waals surface area contributed by atoms with Gasteiger partial charge >= 0.3 is 0 Å². The maximum Gasteiger partial charge on any atom is 0.154 e. The summed E-state index contributed by atoms with van der Waals surface area (Å²) < 4.78 is 5.70. The lowest BCUT2D eigenvalue weighted by molar-refractivity contribution is -0.123. The topological polar surface area (TPSA) is 29.6 Å². The van der Waals surface area contributed by atoms with E-state index in [1.165, 1.54) is 44.1 Å².